The first-order valence-corrected chi connectivity index (χ1v) is 8.16. The molecule has 3 rings (SSSR count). The van der Waals surface area contributed by atoms with E-state index in [0.29, 0.717) is 35.0 Å². The Morgan fingerprint density at radius 3 is 2.72 bits per heavy atom. The van der Waals surface area contributed by atoms with Crippen molar-refractivity contribution in [1.82, 2.24) is 20.2 Å². The first-order valence-electron chi connectivity index (χ1n) is 8.16. The smallest absolute Gasteiger partial charge is 0.282 e. The van der Waals surface area contributed by atoms with Crippen LogP contribution in [0.1, 0.15) is 16.9 Å². The molecular weight excluding hydrogens is 324 g/mol. The van der Waals surface area contributed by atoms with Crippen LogP contribution in [0, 0.1) is 5.92 Å². The maximum Gasteiger partial charge on any atom is 0.282 e. The van der Waals surface area contributed by atoms with Gasteiger partial charge in [0.1, 0.15) is 0 Å². The molecule has 1 aromatic carbocycles. The molecule has 1 aliphatic rings. The Labute approximate surface area is 145 Å². The zero-order valence-corrected chi connectivity index (χ0v) is 14.6. The monoisotopic (exact) mass is 346 g/mol. The van der Waals surface area contributed by atoms with Crippen molar-refractivity contribution < 1.29 is 14.3 Å². The number of hydrogen-bond acceptors (Lipinski definition) is 6. The summed E-state index contributed by atoms with van der Waals surface area (Å²) in [6, 6.07) is 3.33. The highest BCUT2D eigenvalue weighted by Crippen LogP contribution is 2.30. The highest BCUT2D eigenvalue weighted by atomic mass is 16.5. The molecule has 1 fully saturated rings. The van der Waals surface area contributed by atoms with Crippen LogP contribution in [0.3, 0.4) is 0 Å². The van der Waals surface area contributed by atoms with Gasteiger partial charge in [-0.1, -0.05) is 0 Å². The topological polar surface area (TPSA) is 94.5 Å². The van der Waals surface area contributed by atoms with Crippen LogP contribution < -0.4 is 25.7 Å². The molecule has 0 aliphatic carbocycles. The van der Waals surface area contributed by atoms with E-state index >= 15 is 0 Å². The van der Waals surface area contributed by atoms with Crippen LogP contribution in [0.25, 0.3) is 11.0 Å². The van der Waals surface area contributed by atoms with Crippen LogP contribution in [-0.2, 0) is 7.05 Å². The van der Waals surface area contributed by atoms with E-state index in [0.717, 1.165) is 19.5 Å². The first kappa shape index (κ1) is 17.2. The number of rotatable bonds is 5. The second kappa shape index (κ2) is 7.10. The maximum atomic E-state index is 12.5. The zero-order valence-electron chi connectivity index (χ0n) is 14.6. The number of methoxy groups -OCH3 is 2. The quantitative estimate of drug-likeness (QED) is 0.808. The molecule has 8 nitrogen and oxygen atoms in total. The number of aryl methyl sites for hydroxylation is 1. The third-order valence-electron chi connectivity index (χ3n) is 4.51. The molecule has 8 heteroatoms. The highest BCUT2D eigenvalue weighted by molar-refractivity contribution is 5.94. The third kappa shape index (κ3) is 3.30. The maximum absolute atomic E-state index is 12.5. The van der Waals surface area contributed by atoms with E-state index in [2.05, 4.69) is 15.6 Å². The van der Waals surface area contributed by atoms with Crippen LogP contribution in [0.2, 0.25) is 0 Å². The molecule has 2 aromatic rings. The Morgan fingerprint density at radius 2 is 2.08 bits per heavy atom. The van der Waals surface area contributed by atoms with E-state index < -0.39 is 11.5 Å². The number of fused-ring (bicyclic) bond motifs is 1. The Hall–Kier alpha value is -2.61. The van der Waals surface area contributed by atoms with Crippen molar-refractivity contribution in [2.75, 3.05) is 33.9 Å². The van der Waals surface area contributed by atoms with Gasteiger partial charge in [0.25, 0.3) is 11.5 Å². The van der Waals surface area contributed by atoms with Crippen molar-refractivity contribution >= 4 is 16.9 Å². The molecule has 0 radical (unpaired) electrons. The molecular formula is C17H22N4O4. The Balaban J connectivity index is 1.96. The van der Waals surface area contributed by atoms with Gasteiger partial charge < -0.3 is 24.7 Å². The summed E-state index contributed by atoms with van der Waals surface area (Å²) in [6.45, 7) is 2.36. The lowest BCUT2D eigenvalue weighted by Gasteiger charge is -2.13. The minimum atomic E-state index is -0.454. The van der Waals surface area contributed by atoms with Gasteiger partial charge in [0.05, 0.1) is 25.3 Å². The summed E-state index contributed by atoms with van der Waals surface area (Å²) in [6.07, 6.45) is 1.01. The Kier molecular flexibility index (Phi) is 4.89. The lowest BCUT2D eigenvalue weighted by Crippen LogP contribution is -2.36. The number of aromatic nitrogens is 2. The fourth-order valence-electron chi connectivity index (χ4n) is 3.01. The van der Waals surface area contributed by atoms with Gasteiger partial charge in [-0.2, -0.15) is 0 Å². The average Bonchev–Trinajstić information content (AvgIpc) is 3.15. The van der Waals surface area contributed by atoms with Crippen LogP contribution in [-0.4, -0.2) is 49.3 Å². The standard InChI is InChI=1S/C17H22N4O4/c1-21-12-7-14(25-3)13(24-2)6-11(12)20-15(17(21)23)16(22)19-9-10-4-5-18-8-10/h6-7,10,18H,4-5,8-9H2,1-3H3,(H,19,22). The van der Waals surface area contributed by atoms with Gasteiger partial charge in [0.2, 0.25) is 0 Å². The first-order chi connectivity index (χ1) is 12.0. The number of ether oxygens (including phenoxy) is 2. The molecule has 134 valence electrons. The number of nitrogens with one attached hydrogen (secondary N) is 2. The third-order valence-corrected chi connectivity index (χ3v) is 4.51. The minimum Gasteiger partial charge on any atom is -0.493 e. The lowest BCUT2D eigenvalue weighted by molar-refractivity contribution is 0.0941. The molecule has 1 aliphatic heterocycles. The average molecular weight is 346 g/mol. The lowest BCUT2D eigenvalue weighted by atomic mass is 10.1. The van der Waals surface area contributed by atoms with Gasteiger partial charge in [0.15, 0.2) is 17.2 Å². The van der Waals surface area contributed by atoms with E-state index in [1.165, 1.54) is 18.8 Å². The summed E-state index contributed by atoms with van der Waals surface area (Å²) in [5.74, 6) is 0.920. The van der Waals surface area contributed by atoms with Crippen molar-refractivity contribution in [2.24, 2.45) is 13.0 Å². The SMILES string of the molecule is COc1cc2nc(C(=O)NCC3CCNC3)c(=O)n(C)c2cc1OC. The van der Waals surface area contributed by atoms with E-state index in [1.807, 2.05) is 0 Å². The molecule has 1 amide bonds. The number of amides is 1. The second-order valence-corrected chi connectivity index (χ2v) is 6.09. The normalized spacial score (nSPS) is 16.8. The predicted molar refractivity (Wildman–Crippen MR) is 93.4 cm³/mol. The van der Waals surface area contributed by atoms with Gasteiger partial charge in [0, 0.05) is 25.7 Å². The molecule has 0 spiro atoms. The molecule has 0 bridgehead atoms. The van der Waals surface area contributed by atoms with Gasteiger partial charge in [-0.05, 0) is 25.4 Å². The van der Waals surface area contributed by atoms with Gasteiger partial charge in [-0.25, -0.2) is 4.98 Å². The molecule has 1 unspecified atom stereocenters. The number of carbonyl (C=O) groups is 1. The number of nitrogens with zero attached hydrogens (tertiary/aromatic N) is 2. The summed E-state index contributed by atoms with van der Waals surface area (Å²) in [5, 5.41) is 6.06. The molecule has 2 N–H and O–H groups in total. The zero-order chi connectivity index (χ0) is 18.0. The van der Waals surface area contributed by atoms with Gasteiger partial charge in [-0.3, -0.25) is 9.59 Å². The molecule has 1 atom stereocenters. The number of hydrogen-bond donors (Lipinski definition) is 2. The Morgan fingerprint density at radius 1 is 1.36 bits per heavy atom. The molecule has 1 saturated heterocycles. The summed E-state index contributed by atoms with van der Waals surface area (Å²) < 4.78 is 11.9. The second-order valence-electron chi connectivity index (χ2n) is 6.09. The van der Waals surface area contributed by atoms with Gasteiger partial charge in [-0.15, -0.1) is 0 Å². The van der Waals surface area contributed by atoms with Crippen molar-refractivity contribution in [3.8, 4) is 11.5 Å². The highest BCUT2D eigenvalue weighted by Gasteiger charge is 2.20. The van der Waals surface area contributed by atoms with E-state index in [4.69, 9.17) is 9.47 Å². The largest absolute Gasteiger partial charge is 0.493 e. The summed E-state index contributed by atoms with van der Waals surface area (Å²) >= 11 is 0. The fourth-order valence-corrected chi connectivity index (χ4v) is 3.01. The molecule has 25 heavy (non-hydrogen) atoms. The van der Waals surface area contributed by atoms with Crippen molar-refractivity contribution in [2.45, 2.75) is 6.42 Å². The van der Waals surface area contributed by atoms with Crippen molar-refractivity contribution in [1.29, 1.82) is 0 Å². The predicted octanol–water partition coefficient (Wildman–Crippen LogP) is 0.290. The van der Waals surface area contributed by atoms with E-state index in [9.17, 15) is 9.59 Å². The van der Waals surface area contributed by atoms with E-state index in [-0.39, 0.29) is 5.69 Å². The number of benzene rings is 1. The van der Waals surface area contributed by atoms with Crippen LogP contribution in [0.15, 0.2) is 16.9 Å². The molecule has 0 saturated carbocycles. The minimum absolute atomic E-state index is 0.117. The fraction of sp³-hybridized carbons (Fsp3) is 0.471. The van der Waals surface area contributed by atoms with Crippen LogP contribution in [0.5, 0.6) is 11.5 Å². The summed E-state index contributed by atoms with van der Waals surface area (Å²) in [7, 11) is 4.65. The molecule has 1 aromatic heterocycles. The molecule has 2 heterocycles. The van der Waals surface area contributed by atoms with E-state index in [1.54, 1.807) is 19.2 Å². The van der Waals surface area contributed by atoms with Crippen molar-refractivity contribution in [3.63, 3.8) is 0 Å². The van der Waals surface area contributed by atoms with Crippen LogP contribution in [0.4, 0.5) is 0 Å². The summed E-state index contributed by atoms with van der Waals surface area (Å²) in [5.41, 5.74) is 0.501. The number of carbonyl (C=O) groups excluding carboxylic acids is 1. The Bertz CT molecular complexity index is 856. The van der Waals surface area contributed by atoms with Gasteiger partial charge >= 0.3 is 0 Å². The van der Waals surface area contributed by atoms with Crippen molar-refractivity contribution in [3.05, 3.63) is 28.2 Å². The van der Waals surface area contributed by atoms with Crippen LogP contribution >= 0.6 is 0 Å². The summed E-state index contributed by atoms with van der Waals surface area (Å²) in [4.78, 5) is 29.2.